The van der Waals surface area contributed by atoms with Crippen LogP contribution in [-0.4, -0.2) is 16.7 Å². The lowest BCUT2D eigenvalue weighted by Crippen LogP contribution is -2.01. The fraction of sp³-hybridized carbons (Fsp3) is 0.0909. The van der Waals surface area contributed by atoms with Gasteiger partial charge in [-0.1, -0.05) is 36.1 Å². The van der Waals surface area contributed by atoms with E-state index in [0.29, 0.717) is 28.8 Å². The van der Waals surface area contributed by atoms with Crippen molar-refractivity contribution in [1.82, 2.24) is 4.98 Å². The zero-order valence-electron chi connectivity index (χ0n) is 13.9. The summed E-state index contributed by atoms with van der Waals surface area (Å²) in [5.41, 5.74) is 1.70. The predicted molar refractivity (Wildman–Crippen MR) is 102 cm³/mol. The van der Waals surface area contributed by atoms with Gasteiger partial charge in [0.25, 0.3) is 0 Å². The van der Waals surface area contributed by atoms with Crippen molar-refractivity contribution < 1.29 is 9.52 Å². The van der Waals surface area contributed by atoms with Gasteiger partial charge in [-0.25, -0.2) is 0 Å². The Morgan fingerprint density at radius 1 is 1.04 bits per heavy atom. The number of aromatic nitrogens is 1. The molecule has 126 valence electrons. The van der Waals surface area contributed by atoms with Crippen molar-refractivity contribution in [2.24, 2.45) is 0 Å². The topological polar surface area (TPSA) is 63.3 Å². The van der Waals surface area contributed by atoms with Crippen LogP contribution in [0.1, 0.15) is 12.0 Å². The minimum Gasteiger partial charge on any atom is -0.454 e. The zero-order chi connectivity index (χ0) is 17.9. The summed E-state index contributed by atoms with van der Waals surface area (Å²) in [6.45, 7) is 0.0213. The Bertz CT molecular complexity index is 1230. The molecule has 2 aromatic heterocycles. The van der Waals surface area contributed by atoms with Crippen LogP contribution in [0, 0.1) is 11.8 Å². The van der Waals surface area contributed by atoms with Crippen molar-refractivity contribution in [1.29, 1.82) is 0 Å². The molecule has 0 aliphatic heterocycles. The van der Waals surface area contributed by atoms with Crippen molar-refractivity contribution in [3.8, 4) is 23.3 Å². The van der Waals surface area contributed by atoms with E-state index in [4.69, 9.17) is 9.52 Å². The van der Waals surface area contributed by atoms with E-state index >= 15 is 0 Å². The first kappa shape index (κ1) is 16.1. The standard InChI is InChI=1S/C22H15NO3/c24-10-4-3-5-15-8-9-18-20(25)13-22(26-21(18)11-15)19-12-16-6-1-2-7-17(16)14-23-19/h1-2,6-9,11-14,24H,4,10H2. The summed E-state index contributed by atoms with van der Waals surface area (Å²) in [5, 5.41) is 11.4. The first-order valence-corrected chi connectivity index (χ1v) is 8.27. The molecule has 4 rings (SSSR count). The van der Waals surface area contributed by atoms with Crippen LogP contribution in [0.25, 0.3) is 33.2 Å². The van der Waals surface area contributed by atoms with Crippen LogP contribution in [0.3, 0.4) is 0 Å². The molecular weight excluding hydrogens is 326 g/mol. The van der Waals surface area contributed by atoms with Crippen molar-refractivity contribution >= 4 is 21.7 Å². The molecule has 0 aliphatic rings. The third-order valence-corrected chi connectivity index (χ3v) is 4.08. The highest BCUT2D eigenvalue weighted by molar-refractivity contribution is 5.85. The molecule has 0 fully saturated rings. The summed E-state index contributed by atoms with van der Waals surface area (Å²) in [6, 6.07) is 16.5. The summed E-state index contributed by atoms with van der Waals surface area (Å²) in [5.74, 6) is 6.24. The summed E-state index contributed by atoms with van der Waals surface area (Å²) < 4.78 is 5.94. The maximum atomic E-state index is 12.5. The Morgan fingerprint density at radius 3 is 2.73 bits per heavy atom. The minimum absolute atomic E-state index is 0.0213. The fourth-order valence-corrected chi connectivity index (χ4v) is 2.80. The van der Waals surface area contributed by atoms with Gasteiger partial charge >= 0.3 is 0 Å². The molecule has 2 heterocycles. The van der Waals surface area contributed by atoms with Gasteiger partial charge in [-0.3, -0.25) is 9.78 Å². The quantitative estimate of drug-likeness (QED) is 0.564. The van der Waals surface area contributed by atoms with Gasteiger partial charge in [0.2, 0.25) is 0 Å². The highest BCUT2D eigenvalue weighted by Crippen LogP contribution is 2.24. The van der Waals surface area contributed by atoms with Crippen molar-refractivity contribution in [3.05, 3.63) is 76.6 Å². The van der Waals surface area contributed by atoms with E-state index in [1.165, 1.54) is 6.07 Å². The molecule has 0 atom stereocenters. The molecule has 0 saturated carbocycles. The third-order valence-electron chi connectivity index (χ3n) is 4.08. The Balaban J connectivity index is 1.84. The maximum Gasteiger partial charge on any atom is 0.193 e. The number of rotatable bonds is 2. The second kappa shape index (κ2) is 6.83. The summed E-state index contributed by atoms with van der Waals surface area (Å²) in [6.07, 6.45) is 2.18. The van der Waals surface area contributed by atoms with Gasteiger partial charge in [0.1, 0.15) is 11.3 Å². The lowest BCUT2D eigenvalue weighted by Gasteiger charge is -2.04. The van der Waals surface area contributed by atoms with Crippen molar-refractivity contribution in [2.75, 3.05) is 6.61 Å². The van der Waals surface area contributed by atoms with Crippen LogP contribution in [0.15, 0.2) is 70.0 Å². The highest BCUT2D eigenvalue weighted by atomic mass is 16.3. The zero-order valence-corrected chi connectivity index (χ0v) is 13.9. The van der Waals surface area contributed by atoms with Gasteiger partial charge in [0, 0.05) is 29.6 Å². The molecule has 2 aromatic carbocycles. The molecule has 0 aliphatic carbocycles. The molecule has 0 bridgehead atoms. The number of benzene rings is 2. The molecule has 4 aromatic rings. The van der Waals surface area contributed by atoms with E-state index in [1.807, 2.05) is 30.3 Å². The van der Waals surface area contributed by atoms with Gasteiger partial charge in [0.15, 0.2) is 11.2 Å². The van der Waals surface area contributed by atoms with Crippen LogP contribution < -0.4 is 5.43 Å². The number of hydrogen-bond donors (Lipinski definition) is 1. The molecule has 0 unspecified atom stereocenters. The van der Waals surface area contributed by atoms with Crippen LogP contribution >= 0.6 is 0 Å². The van der Waals surface area contributed by atoms with Crippen LogP contribution in [-0.2, 0) is 0 Å². The smallest absolute Gasteiger partial charge is 0.193 e. The first-order chi connectivity index (χ1) is 12.7. The van der Waals surface area contributed by atoms with E-state index in [9.17, 15) is 4.79 Å². The highest BCUT2D eigenvalue weighted by Gasteiger charge is 2.09. The van der Waals surface area contributed by atoms with Crippen LogP contribution in [0.5, 0.6) is 0 Å². The second-order valence-corrected chi connectivity index (χ2v) is 5.88. The molecule has 0 radical (unpaired) electrons. The number of fused-ring (bicyclic) bond motifs is 2. The monoisotopic (exact) mass is 341 g/mol. The summed E-state index contributed by atoms with van der Waals surface area (Å²) in [4.78, 5) is 16.9. The van der Waals surface area contributed by atoms with Gasteiger partial charge in [0.05, 0.1) is 12.0 Å². The normalized spacial score (nSPS) is 10.7. The number of aliphatic hydroxyl groups excluding tert-OH is 1. The number of aliphatic hydroxyl groups is 1. The Morgan fingerprint density at radius 2 is 1.88 bits per heavy atom. The van der Waals surface area contributed by atoms with E-state index in [2.05, 4.69) is 16.8 Å². The Hall–Kier alpha value is -3.42. The average Bonchev–Trinajstić information content (AvgIpc) is 2.67. The van der Waals surface area contributed by atoms with E-state index in [0.717, 1.165) is 16.3 Å². The maximum absolute atomic E-state index is 12.5. The number of pyridine rings is 1. The van der Waals surface area contributed by atoms with Crippen LogP contribution in [0.2, 0.25) is 0 Å². The Kier molecular flexibility index (Phi) is 4.22. The van der Waals surface area contributed by atoms with Gasteiger partial charge in [-0.05, 0) is 29.7 Å². The minimum atomic E-state index is -0.119. The second-order valence-electron chi connectivity index (χ2n) is 5.88. The molecule has 4 heteroatoms. The SMILES string of the molecule is O=c1cc(-c2cc3ccccc3cn2)oc2cc(C#CCCO)ccc12. The molecule has 0 amide bonds. The molecule has 26 heavy (non-hydrogen) atoms. The first-order valence-electron chi connectivity index (χ1n) is 8.27. The van der Waals surface area contributed by atoms with E-state index in [1.54, 1.807) is 24.4 Å². The lowest BCUT2D eigenvalue weighted by atomic mass is 10.1. The summed E-state index contributed by atoms with van der Waals surface area (Å²) >= 11 is 0. The molecule has 4 nitrogen and oxygen atoms in total. The van der Waals surface area contributed by atoms with Gasteiger partial charge < -0.3 is 9.52 Å². The van der Waals surface area contributed by atoms with E-state index < -0.39 is 0 Å². The lowest BCUT2D eigenvalue weighted by molar-refractivity contribution is 0.305. The van der Waals surface area contributed by atoms with E-state index in [-0.39, 0.29) is 12.0 Å². The summed E-state index contributed by atoms with van der Waals surface area (Å²) in [7, 11) is 0. The third kappa shape index (κ3) is 3.08. The Labute approximate surface area is 149 Å². The van der Waals surface area contributed by atoms with Crippen molar-refractivity contribution in [2.45, 2.75) is 6.42 Å². The molecule has 0 saturated heterocycles. The fourth-order valence-electron chi connectivity index (χ4n) is 2.80. The largest absolute Gasteiger partial charge is 0.454 e. The van der Waals surface area contributed by atoms with Gasteiger partial charge in [-0.2, -0.15) is 0 Å². The molecular formula is C22H15NO3. The molecule has 1 N–H and O–H groups in total. The predicted octanol–water partition coefficient (Wildman–Crippen LogP) is 3.74. The van der Waals surface area contributed by atoms with Gasteiger partial charge in [-0.15, -0.1) is 0 Å². The van der Waals surface area contributed by atoms with Crippen LogP contribution in [0.4, 0.5) is 0 Å². The molecule has 0 spiro atoms. The van der Waals surface area contributed by atoms with Crippen molar-refractivity contribution in [3.63, 3.8) is 0 Å². The average molecular weight is 341 g/mol. The number of hydrogen-bond acceptors (Lipinski definition) is 4. The number of nitrogens with zero attached hydrogens (tertiary/aromatic N) is 1.